The summed E-state index contributed by atoms with van der Waals surface area (Å²) in [6.45, 7) is 0. The first kappa shape index (κ1) is 15.2. The van der Waals surface area contributed by atoms with E-state index in [1.54, 1.807) is 12.1 Å². The lowest BCUT2D eigenvalue weighted by Gasteiger charge is -2.17. The molecule has 0 aromatic heterocycles. The summed E-state index contributed by atoms with van der Waals surface area (Å²) in [5.74, 6) is 0.298. The first-order valence-corrected chi connectivity index (χ1v) is 7.23. The summed E-state index contributed by atoms with van der Waals surface area (Å²) < 4.78 is 0. The van der Waals surface area contributed by atoms with Crippen LogP contribution in [0, 0.1) is 0 Å². The van der Waals surface area contributed by atoms with Crippen LogP contribution in [0.2, 0.25) is 10.0 Å². The fourth-order valence-corrected chi connectivity index (χ4v) is 2.52. The van der Waals surface area contributed by atoms with Crippen molar-refractivity contribution in [2.45, 2.75) is 18.9 Å². The molecular weight excluding hydrogens is 293 g/mol. The number of hydrogen-bond acceptors (Lipinski definition) is 2. The Balaban J connectivity index is 2.07. The molecule has 2 aromatic carbocycles. The van der Waals surface area contributed by atoms with Crippen molar-refractivity contribution in [1.29, 1.82) is 0 Å². The number of aromatic hydroxyl groups is 1. The van der Waals surface area contributed by atoms with E-state index in [1.165, 1.54) is 0 Å². The SMILES string of the molecule is CNC(Cc1cccc(O)c1)Cc1ccc(Cl)c(Cl)c1. The van der Waals surface area contributed by atoms with Crippen LogP contribution in [0.4, 0.5) is 0 Å². The highest BCUT2D eigenvalue weighted by molar-refractivity contribution is 6.42. The van der Waals surface area contributed by atoms with E-state index in [4.69, 9.17) is 23.2 Å². The second kappa shape index (κ2) is 6.98. The summed E-state index contributed by atoms with van der Waals surface area (Å²) in [6.07, 6.45) is 1.69. The molecule has 0 fully saturated rings. The smallest absolute Gasteiger partial charge is 0.115 e. The molecule has 0 aliphatic carbocycles. The van der Waals surface area contributed by atoms with Crippen molar-refractivity contribution < 1.29 is 5.11 Å². The molecule has 0 aliphatic heterocycles. The van der Waals surface area contributed by atoms with Gasteiger partial charge in [0.2, 0.25) is 0 Å². The third-order valence-electron chi connectivity index (χ3n) is 3.27. The number of phenolic OH excluding ortho intramolecular Hbond substituents is 1. The Hall–Kier alpha value is -1.22. The molecule has 106 valence electrons. The third-order valence-corrected chi connectivity index (χ3v) is 4.01. The molecule has 0 heterocycles. The maximum Gasteiger partial charge on any atom is 0.115 e. The van der Waals surface area contributed by atoms with Crippen LogP contribution >= 0.6 is 23.2 Å². The molecule has 2 aromatic rings. The van der Waals surface area contributed by atoms with Gasteiger partial charge in [-0.15, -0.1) is 0 Å². The minimum atomic E-state index is 0.272. The minimum absolute atomic E-state index is 0.272. The molecule has 0 saturated carbocycles. The zero-order valence-corrected chi connectivity index (χ0v) is 12.7. The maximum absolute atomic E-state index is 9.50. The Morgan fingerprint density at radius 1 is 1.00 bits per heavy atom. The molecule has 1 unspecified atom stereocenters. The molecule has 0 amide bonds. The summed E-state index contributed by atoms with van der Waals surface area (Å²) in [4.78, 5) is 0. The summed E-state index contributed by atoms with van der Waals surface area (Å²) in [6, 6.07) is 13.3. The normalized spacial score (nSPS) is 12.3. The van der Waals surface area contributed by atoms with Crippen molar-refractivity contribution in [3.05, 3.63) is 63.6 Å². The number of benzene rings is 2. The van der Waals surface area contributed by atoms with Crippen molar-refractivity contribution in [3.63, 3.8) is 0 Å². The molecule has 0 aliphatic rings. The first-order chi connectivity index (χ1) is 9.58. The predicted octanol–water partition coefficient (Wildman–Crippen LogP) is 4.07. The van der Waals surface area contributed by atoms with Gasteiger partial charge in [-0.25, -0.2) is 0 Å². The fourth-order valence-electron chi connectivity index (χ4n) is 2.20. The second-order valence-corrected chi connectivity index (χ2v) is 5.63. The standard InChI is InChI=1S/C16H17Cl2NO/c1-19-13(7-11-3-2-4-14(20)9-11)8-12-5-6-15(17)16(18)10-12/h2-6,9-10,13,19-20H,7-8H2,1H3. The first-order valence-electron chi connectivity index (χ1n) is 6.47. The molecule has 0 radical (unpaired) electrons. The second-order valence-electron chi connectivity index (χ2n) is 4.81. The van der Waals surface area contributed by atoms with Gasteiger partial charge < -0.3 is 10.4 Å². The molecule has 1 atom stereocenters. The van der Waals surface area contributed by atoms with Crippen LogP contribution in [0.1, 0.15) is 11.1 Å². The zero-order chi connectivity index (χ0) is 14.5. The van der Waals surface area contributed by atoms with Crippen LogP contribution in [0.15, 0.2) is 42.5 Å². The van der Waals surface area contributed by atoms with Crippen LogP contribution < -0.4 is 5.32 Å². The summed E-state index contributed by atoms with van der Waals surface area (Å²) >= 11 is 12.0. The summed E-state index contributed by atoms with van der Waals surface area (Å²) in [5, 5.41) is 14.0. The Labute approximate surface area is 129 Å². The van der Waals surface area contributed by atoms with Gasteiger partial charge in [-0.1, -0.05) is 41.4 Å². The number of hydrogen-bond donors (Lipinski definition) is 2. The van der Waals surface area contributed by atoms with E-state index in [0.717, 1.165) is 24.0 Å². The average Bonchev–Trinajstić information content (AvgIpc) is 2.42. The highest BCUT2D eigenvalue weighted by Gasteiger charge is 2.10. The fraction of sp³-hybridized carbons (Fsp3) is 0.250. The van der Waals surface area contributed by atoms with Crippen LogP contribution in [-0.2, 0) is 12.8 Å². The molecular formula is C16H17Cl2NO. The van der Waals surface area contributed by atoms with Gasteiger partial charge in [0.15, 0.2) is 0 Å². The van der Waals surface area contributed by atoms with Gasteiger partial charge in [0.1, 0.15) is 5.75 Å². The molecule has 4 heteroatoms. The van der Waals surface area contributed by atoms with Gasteiger partial charge in [0.05, 0.1) is 10.0 Å². The average molecular weight is 310 g/mol. The van der Waals surface area contributed by atoms with E-state index in [0.29, 0.717) is 15.8 Å². The number of halogens is 2. The van der Waals surface area contributed by atoms with Gasteiger partial charge in [-0.05, 0) is 55.3 Å². The van der Waals surface area contributed by atoms with Crippen LogP contribution in [-0.4, -0.2) is 18.2 Å². The molecule has 2 nitrogen and oxygen atoms in total. The summed E-state index contributed by atoms with van der Waals surface area (Å²) in [5.41, 5.74) is 2.24. The lowest BCUT2D eigenvalue weighted by molar-refractivity contribution is 0.473. The van der Waals surface area contributed by atoms with Crippen molar-refractivity contribution in [2.75, 3.05) is 7.05 Å². The molecule has 0 bridgehead atoms. The molecule has 2 N–H and O–H groups in total. The molecule has 20 heavy (non-hydrogen) atoms. The van der Waals surface area contributed by atoms with Gasteiger partial charge in [-0.3, -0.25) is 0 Å². The quantitative estimate of drug-likeness (QED) is 0.872. The Bertz CT molecular complexity index is 586. The Morgan fingerprint density at radius 3 is 2.30 bits per heavy atom. The van der Waals surface area contributed by atoms with Gasteiger partial charge in [0.25, 0.3) is 0 Å². The third kappa shape index (κ3) is 4.14. The van der Waals surface area contributed by atoms with Crippen molar-refractivity contribution in [1.82, 2.24) is 5.32 Å². The van der Waals surface area contributed by atoms with Crippen molar-refractivity contribution >= 4 is 23.2 Å². The number of likely N-dealkylation sites (N-methyl/N-ethyl adjacent to an activating group) is 1. The van der Waals surface area contributed by atoms with Gasteiger partial charge >= 0.3 is 0 Å². The molecule has 2 rings (SSSR count). The van der Waals surface area contributed by atoms with E-state index in [2.05, 4.69) is 5.32 Å². The maximum atomic E-state index is 9.50. The largest absolute Gasteiger partial charge is 0.508 e. The molecule has 0 saturated heterocycles. The van der Waals surface area contributed by atoms with Crippen LogP contribution in [0.25, 0.3) is 0 Å². The number of rotatable bonds is 5. The Kier molecular flexibility index (Phi) is 5.30. The van der Waals surface area contributed by atoms with E-state index in [9.17, 15) is 5.11 Å². The van der Waals surface area contributed by atoms with Gasteiger partial charge in [0, 0.05) is 6.04 Å². The monoisotopic (exact) mass is 309 g/mol. The zero-order valence-electron chi connectivity index (χ0n) is 11.2. The van der Waals surface area contributed by atoms with E-state index in [-0.39, 0.29) is 6.04 Å². The molecule has 0 spiro atoms. The lowest BCUT2D eigenvalue weighted by Crippen LogP contribution is -2.29. The predicted molar refractivity (Wildman–Crippen MR) is 84.8 cm³/mol. The van der Waals surface area contributed by atoms with Gasteiger partial charge in [-0.2, -0.15) is 0 Å². The van der Waals surface area contributed by atoms with E-state index < -0.39 is 0 Å². The van der Waals surface area contributed by atoms with Crippen LogP contribution in [0.3, 0.4) is 0 Å². The minimum Gasteiger partial charge on any atom is -0.508 e. The highest BCUT2D eigenvalue weighted by Crippen LogP contribution is 2.23. The highest BCUT2D eigenvalue weighted by atomic mass is 35.5. The summed E-state index contributed by atoms with van der Waals surface area (Å²) in [7, 11) is 1.94. The Morgan fingerprint density at radius 2 is 1.70 bits per heavy atom. The number of phenols is 1. The van der Waals surface area contributed by atoms with Crippen molar-refractivity contribution in [3.8, 4) is 5.75 Å². The number of nitrogens with one attached hydrogen (secondary N) is 1. The van der Waals surface area contributed by atoms with E-state index >= 15 is 0 Å². The van der Waals surface area contributed by atoms with Crippen molar-refractivity contribution in [2.24, 2.45) is 0 Å². The lowest BCUT2D eigenvalue weighted by atomic mass is 9.99. The van der Waals surface area contributed by atoms with Crippen LogP contribution in [0.5, 0.6) is 5.75 Å². The van der Waals surface area contributed by atoms with E-state index in [1.807, 2.05) is 37.4 Å². The topological polar surface area (TPSA) is 32.3 Å².